The van der Waals surface area contributed by atoms with E-state index in [1.54, 1.807) is 31.7 Å². The number of hydrogen-bond acceptors (Lipinski definition) is 4. The lowest BCUT2D eigenvalue weighted by molar-refractivity contribution is 0.145. The van der Waals surface area contributed by atoms with Gasteiger partial charge in [0.05, 0.1) is 6.20 Å². The zero-order chi connectivity index (χ0) is 16.0. The van der Waals surface area contributed by atoms with Gasteiger partial charge in [-0.05, 0) is 12.1 Å². The Morgan fingerprint density at radius 3 is 2.87 bits per heavy atom. The van der Waals surface area contributed by atoms with Gasteiger partial charge in [-0.2, -0.15) is 4.98 Å². The van der Waals surface area contributed by atoms with Gasteiger partial charge in [0.15, 0.2) is 0 Å². The van der Waals surface area contributed by atoms with E-state index in [9.17, 15) is 8.78 Å². The Balaban J connectivity index is 1.90. The molecule has 4 rings (SSSR count). The number of rotatable bonds is 3. The summed E-state index contributed by atoms with van der Waals surface area (Å²) in [6.45, 7) is 0. The molecule has 4 aromatic heterocycles. The zero-order valence-corrected chi connectivity index (χ0v) is 12.1. The summed E-state index contributed by atoms with van der Waals surface area (Å²) < 4.78 is 27.5. The Kier molecular flexibility index (Phi) is 2.97. The highest BCUT2D eigenvalue weighted by atomic mass is 19.3. The molecule has 0 atom stereocenters. The molecule has 0 amide bonds. The molecule has 0 saturated carbocycles. The Bertz CT molecular complexity index is 1000. The van der Waals surface area contributed by atoms with E-state index in [4.69, 9.17) is 0 Å². The van der Waals surface area contributed by atoms with E-state index in [1.165, 1.54) is 10.6 Å². The molecular formula is C15H12F2N6. The highest BCUT2D eigenvalue weighted by Gasteiger charge is 2.15. The van der Waals surface area contributed by atoms with E-state index in [-0.39, 0.29) is 5.69 Å². The van der Waals surface area contributed by atoms with E-state index in [0.29, 0.717) is 17.2 Å². The largest absolute Gasteiger partial charge is 0.357 e. The van der Waals surface area contributed by atoms with Crippen LogP contribution in [0.5, 0.6) is 0 Å². The average molecular weight is 314 g/mol. The van der Waals surface area contributed by atoms with Gasteiger partial charge < -0.3 is 10.3 Å². The van der Waals surface area contributed by atoms with Crippen LogP contribution in [0.3, 0.4) is 0 Å². The minimum atomic E-state index is -2.58. The molecule has 4 heterocycles. The van der Waals surface area contributed by atoms with Crippen LogP contribution in [0, 0.1) is 0 Å². The smallest absolute Gasteiger partial charge is 0.280 e. The van der Waals surface area contributed by atoms with Crippen molar-refractivity contribution >= 4 is 22.6 Å². The third-order valence-corrected chi connectivity index (χ3v) is 3.72. The van der Waals surface area contributed by atoms with Crippen LogP contribution in [-0.4, -0.2) is 31.4 Å². The van der Waals surface area contributed by atoms with Crippen molar-refractivity contribution in [2.75, 3.05) is 12.4 Å². The number of halogens is 2. The second-order valence-corrected chi connectivity index (χ2v) is 5.04. The summed E-state index contributed by atoms with van der Waals surface area (Å²) in [6, 6.07) is 3.55. The van der Waals surface area contributed by atoms with Gasteiger partial charge in [-0.25, -0.2) is 18.7 Å². The molecule has 4 aromatic rings. The highest BCUT2D eigenvalue weighted by molar-refractivity contribution is 5.93. The Morgan fingerprint density at radius 2 is 2.09 bits per heavy atom. The predicted molar refractivity (Wildman–Crippen MR) is 82.6 cm³/mol. The van der Waals surface area contributed by atoms with Gasteiger partial charge in [-0.3, -0.25) is 4.40 Å². The minimum absolute atomic E-state index is 0.129. The van der Waals surface area contributed by atoms with E-state index in [0.717, 1.165) is 16.5 Å². The predicted octanol–water partition coefficient (Wildman–Crippen LogP) is 3.25. The SMILES string of the molecule is CNc1ncc2c(-c3ccc4ncc(C(F)F)n4c3)c[nH]c2n1. The lowest BCUT2D eigenvalue weighted by atomic mass is 10.1. The number of aromatic nitrogens is 5. The molecule has 2 N–H and O–H groups in total. The molecule has 0 saturated heterocycles. The molecule has 0 aliphatic rings. The maximum absolute atomic E-state index is 13.0. The first-order valence-corrected chi connectivity index (χ1v) is 6.95. The van der Waals surface area contributed by atoms with Crippen LogP contribution in [0.15, 0.2) is 36.9 Å². The number of fused-ring (bicyclic) bond motifs is 2. The van der Waals surface area contributed by atoms with Gasteiger partial charge in [0, 0.05) is 42.2 Å². The first-order valence-electron chi connectivity index (χ1n) is 6.95. The van der Waals surface area contributed by atoms with Crippen LogP contribution < -0.4 is 5.32 Å². The molecule has 23 heavy (non-hydrogen) atoms. The van der Waals surface area contributed by atoms with Crippen molar-refractivity contribution in [3.05, 3.63) is 42.6 Å². The van der Waals surface area contributed by atoms with Crippen molar-refractivity contribution < 1.29 is 8.78 Å². The van der Waals surface area contributed by atoms with Crippen molar-refractivity contribution in [3.8, 4) is 11.1 Å². The Morgan fingerprint density at radius 1 is 1.22 bits per heavy atom. The molecule has 116 valence electrons. The van der Waals surface area contributed by atoms with E-state index < -0.39 is 6.43 Å². The van der Waals surface area contributed by atoms with Crippen molar-refractivity contribution in [2.24, 2.45) is 0 Å². The molecule has 0 unspecified atom stereocenters. The molecule has 0 aliphatic carbocycles. The van der Waals surface area contributed by atoms with Crippen molar-refractivity contribution in [2.45, 2.75) is 6.43 Å². The van der Waals surface area contributed by atoms with Gasteiger partial charge in [0.2, 0.25) is 5.95 Å². The Hall–Kier alpha value is -3.03. The summed E-state index contributed by atoms with van der Waals surface area (Å²) in [5.74, 6) is 0.510. The first-order chi connectivity index (χ1) is 11.2. The van der Waals surface area contributed by atoms with Gasteiger partial charge in [-0.15, -0.1) is 0 Å². The summed E-state index contributed by atoms with van der Waals surface area (Å²) in [5, 5.41) is 3.69. The van der Waals surface area contributed by atoms with Crippen LogP contribution in [0.4, 0.5) is 14.7 Å². The van der Waals surface area contributed by atoms with E-state index >= 15 is 0 Å². The van der Waals surface area contributed by atoms with Crippen LogP contribution >= 0.6 is 0 Å². The van der Waals surface area contributed by atoms with Gasteiger partial charge >= 0.3 is 0 Å². The highest BCUT2D eigenvalue weighted by Crippen LogP contribution is 2.29. The molecule has 0 aromatic carbocycles. The second kappa shape index (κ2) is 5.01. The molecule has 0 fully saturated rings. The summed E-state index contributed by atoms with van der Waals surface area (Å²) in [7, 11) is 1.74. The standard InChI is InChI=1S/C15H12F2N6/c1-18-15-21-5-10-9(4-20-14(10)22-15)8-2-3-12-19-6-11(13(16)17)23(12)7-8/h2-7,13H,1H3,(H2,18,20,21,22). The third kappa shape index (κ3) is 2.10. The number of alkyl halides is 2. The number of imidazole rings is 1. The monoisotopic (exact) mass is 314 g/mol. The maximum Gasteiger partial charge on any atom is 0.280 e. The maximum atomic E-state index is 13.0. The molecule has 0 aliphatic heterocycles. The third-order valence-electron chi connectivity index (χ3n) is 3.72. The van der Waals surface area contributed by atoms with Gasteiger partial charge in [0.25, 0.3) is 6.43 Å². The summed E-state index contributed by atoms with van der Waals surface area (Å²) in [5.41, 5.74) is 2.66. The number of pyridine rings is 1. The molecule has 0 radical (unpaired) electrons. The van der Waals surface area contributed by atoms with Crippen LogP contribution in [-0.2, 0) is 0 Å². The Labute approximate surface area is 129 Å². The van der Waals surface area contributed by atoms with Gasteiger partial charge in [0.1, 0.15) is 17.0 Å². The normalized spacial score (nSPS) is 11.7. The number of hydrogen-bond donors (Lipinski definition) is 2. The zero-order valence-electron chi connectivity index (χ0n) is 12.1. The van der Waals surface area contributed by atoms with E-state index in [1.807, 2.05) is 6.07 Å². The fourth-order valence-electron chi connectivity index (χ4n) is 2.59. The van der Waals surface area contributed by atoms with Crippen LogP contribution in [0.1, 0.15) is 12.1 Å². The molecule has 8 heteroatoms. The number of nitrogens with zero attached hydrogens (tertiary/aromatic N) is 4. The fourth-order valence-corrected chi connectivity index (χ4v) is 2.59. The van der Waals surface area contributed by atoms with Crippen molar-refractivity contribution in [3.63, 3.8) is 0 Å². The topological polar surface area (TPSA) is 70.9 Å². The number of anilines is 1. The molecule has 6 nitrogen and oxygen atoms in total. The fraction of sp³-hybridized carbons (Fsp3) is 0.133. The number of aromatic amines is 1. The van der Waals surface area contributed by atoms with Crippen molar-refractivity contribution in [1.82, 2.24) is 24.3 Å². The second-order valence-electron chi connectivity index (χ2n) is 5.04. The lowest BCUT2D eigenvalue weighted by Gasteiger charge is -2.04. The molecule has 0 spiro atoms. The summed E-state index contributed by atoms with van der Waals surface area (Å²) >= 11 is 0. The quantitative estimate of drug-likeness (QED) is 0.609. The average Bonchev–Trinajstić information content (AvgIpc) is 3.17. The minimum Gasteiger partial charge on any atom is -0.357 e. The summed E-state index contributed by atoms with van der Waals surface area (Å²) in [6.07, 6.45) is 3.76. The molecule has 0 bridgehead atoms. The number of H-pyrrole nitrogens is 1. The lowest BCUT2D eigenvalue weighted by Crippen LogP contribution is -1.95. The first kappa shape index (κ1) is 13.6. The summed E-state index contributed by atoms with van der Waals surface area (Å²) in [4.78, 5) is 15.6. The van der Waals surface area contributed by atoms with E-state index in [2.05, 4.69) is 25.3 Å². The van der Waals surface area contributed by atoms with Crippen LogP contribution in [0.25, 0.3) is 27.8 Å². The molecular weight excluding hydrogens is 302 g/mol. The van der Waals surface area contributed by atoms with Gasteiger partial charge in [-0.1, -0.05) is 0 Å². The van der Waals surface area contributed by atoms with Crippen LogP contribution in [0.2, 0.25) is 0 Å². The number of nitrogens with one attached hydrogen (secondary N) is 2. The van der Waals surface area contributed by atoms with Crippen molar-refractivity contribution in [1.29, 1.82) is 0 Å².